The van der Waals surface area contributed by atoms with E-state index in [9.17, 15) is 14.4 Å². The van der Waals surface area contributed by atoms with Gasteiger partial charge >= 0.3 is 5.91 Å². The Hall–Kier alpha value is -3.42. The van der Waals surface area contributed by atoms with Crippen molar-refractivity contribution in [2.24, 2.45) is 0 Å². The lowest BCUT2D eigenvalue weighted by molar-refractivity contribution is 0.0828. The Bertz CT molecular complexity index is 976. The van der Waals surface area contributed by atoms with E-state index in [-0.39, 0.29) is 17.0 Å². The maximum absolute atomic E-state index is 12.5. The van der Waals surface area contributed by atoms with Gasteiger partial charge in [0.15, 0.2) is 11.5 Å². The smallest absolute Gasteiger partial charge is 0.305 e. The molecule has 0 radical (unpaired) electrons. The molecule has 8 nitrogen and oxygen atoms in total. The molecule has 2 amide bonds. The molecule has 0 aliphatic heterocycles. The maximum Gasteiger partial charge on any atom is 0.305 e. The fourth-order valence-corrected chi connectivity index (χ4v) is 2.41. The molecular weight excluding hydrogens is 324 g/mol. The minimum absolute atomic E-state index is 0.0587. The highest BCUT2D eigenvalue weighted by Gasteiger charge is 2.17. The van der Waals surface area contributed by atoms with E-state index in [1.165, 1.54) is 17.0 Å². The van der Waals surface area contributed by atoms with Crippen molar-refractivity contribution >= 4 is 22.6 Å². The van der Waals surface area contributed by atoms with Crippen LogP contribution < -0.4 is 16.4 Å². The topological polar surface area (TPSA) is 106 Å². The van der Waals surface area contributed by atoms with Gasteiger partial charge in [0.05, 0.1) is 11.6 Å². The zero-order chi connectivity index (χ0) is 17.8. The number of benzene rings is 1. The molecule has 2 heterocycles. The number of carbonyl (C=O) groups is 2. The molecule has 2 aromatic heterocycles. The van der Waals surface area contributed by atoms with Crippen molar-refractivity contribution in [2.75, 3.05) is 0 Å². The molecule has 3 rings (SSSR count). The third-order valence-corrected chi connectivity index (χ3v) is 3.55. The van der Waals surface area contributed by atoms with Gasteiger partial charge < -0.3 is 4.42 Å². The number of amides is 2. The summed E-state index contributed by atoms with van der Waals surface area (Å²) in [6.07, 6.45) is 2.05. The van der Waals surface area contributed by atoms with Crippen LogP contribution in [-0.4, -0.2) is 21.6 Å². The number of hydrogen-bond acceptors (Lipinski definition) is 5. The van der Waals surface area contributed by atoms with Crippen LogP contribution in [-0.2, 0) is 6.54 Å². The van der Waals surface area contributed by atoms with Crippen LogP contribution in [0, 0.1) is 0 Å². The first-order valence-electron chi connectivity index (χ1n) is 7.76. The molecule has 1 aromatic carbocycles. The molecular formula is C17H16N4O4. The van der Waals surface area contributed by atoms with E-state index >= 15 is 0 Å². The average molecular weight is 340 g/mol. The maximum atomic E-state index is 12.5. The van der Waals surface area contributed by atoms with Crippen LogP contribution in [0.3, 0.4) is 0 Å². The molecule has 0 aliphatic rings. The molecule has 128 valence electrons. The lowest BCUT2D eigenvalue weighted by atomic mass is 10.1. The summed E-state index contributed by atoms with van der Waals surface area (Å²) in [7, 11) is 0. The van der Waals surface area contributed by atoms with Crippen LogP contribution in [0.4, 0.5) is 0 Å². The van der Waals surface area contributed by atoms with E-state index in [1.807, 2.05) is 6.92 Å². The van der Waals surface area contributed by atoms with Crippen molar-refractivity contribution in [3.63, 3.8) is 0 Å². The molecule has 8 heteroatoms. The zero-order valence-corrected chi connectivity index (χ0v) is 13.5. The predicted octanol–water partition coefficient (Wildman–Crippen LogP) is 1.47. The third kappa shape index (κ3) is 3.27. The number of aromatic nitrogens is 2. The Kier molecular flexibility index (Phi) is 4.60. The van der Waals surface area contributed by atoms with Crippen molar-refractivity contribution in [3.05, 3.63) is 64.5 Å². The van der Waals surface area contributed by atoms with Gasteiger partial charge in [0.25, 0.3) is 11.5 Å². The van der Waals surface area contributed by atoms with Gasteiger partial charge in [-0.3, -0.25) is 25.2 Å². The van der Waals surface area contributed by atoms with Crippen LogP contribution in [0.25, 0.3) is 10.8 Å². The first-order valence-corrected chi connectivity index (χ1v) is 7.76. The second-order valence-corrected chi connectivity index (χ2v) is 5.31. The molecule has 25 heavy (non-hydrogen) atoms. The van der Waals surface area contributed by atoms with Crippen LogP contribution in [0.15, 0.2) is 51.9 Å². The molecule has 0 atom stereocenters. The van der Waals surface area contributed by atoms with Gasteiger partial charge in [-0.05, 0) is 24.6 Å². The highest BCUT2D eigenvalue weighted by Crippen LogP contribution is 2.13. The summed E-state index contributed by atoms with van der Waals surface area (Å²) in [6.45, 7) is 2.30. The van der Waals surface area contributed by atoms with Crippen LogP contribution in [0.2, 0.25) is 0 Å². The molecule has 0 spiro atoms. The van der Waals surface area contributed by atoms with E-state index in [0.29, 0.717) is 23.7 Å². The second kappa shape index (κ2) is 7.00. The SMILES string of the molecule is CCCn1nc(C(=O)NNC(=O)c2ccco2)c2ccccc2c1=O. The van der Waals surface area contributed by atoms with Crippen molar-refractivity contribution in [3.8, 4) is 0 Å². The number of hydrogen-bond donors (Lipinski definition) is 2. The van der Waals surface area contributed by atoms with Crippen LogP contribution in [0.1, 0.15) is 34.4 Å². The Labute approximate surface area is 142 Å². The summed E-state index contributed by atoms with van der Waals surface area (Å²) in [4.78, 5) is 36.7. The molecule has 0 aliphatic carbocycles. The first kappa shape index (κ1) is 16.4. The number of aryl methyl sites for hydroxylation is 1. The number of rotatable bonds is 4. The normalized spacial score (nSPS) is 10.6. The quantitative estimate of drug-likeness (QED) is 0.700. The third-order valence-electron chi connectivity index (χ3n) is 3.55. The molecule has 0 fully saturated rings. The number of carbonyl (C=O) groups excluding carboxylic acids is 2. The average Bonchev–Trinajstić information content (AvgIpc) is 3.17. The first-order chi connectivity index (χ1) is 12.1. The molecule has 0 saturated heterocycles. The van der Waals surface area contributed by atoms with Gasteiger partial charge in [-0.15, -0.1) is 0 Å². The lowest BCUT2D eigenvalue weighted by Gasteiger charge is -2.11. The Morgan fingerprint density at radius 1 is 1.08 bits per heavy atom. The Balaban J connectivity index is 1.91. The fraction of sp³-hybridized carbons (Fsp3) is 0.176. The number of hydrazine groups is 1. The molecule has 0 saturated carbocycles. The van der Waals surface area contributed by atoms with Crippen molar-refractivity contribution < 1.29 is 14.0 Å². The summed E-state index contributed by atoms with van der Waals surface area (Å²) in [5.41, 5.74) is 4.35. The summed E-state index contributed by atoms with van der Waals surface area (Å²) >= 11 is 0. The summed E-state index contributed by atoms with van der Waals surface area (Å²) in [5, 5.41) is 4.97. The van der Waals surface area contributed by atoms with Gasteiger partial charge in [0, 0.05) is 11.9 Å². The van der Waals surface area contributed by atoms with Gasteiger partial charge in [0.1, 0.15) is 0 Å². The minimum atomic E-state index is -0.624. The Morgan fingerprint density at radius 2 is 1.80 bits per heavy atom. The standard InChI is InChI=1S/C17H16N4O4/c1-2-9-21-17(24)12-7-4-3-6-11(12)14(20-21)16(23)19-18-15(22)13-8-5-10-25-13/h3-8,10H,2,9H2,1H3,(H,18,22)(H,19,23). The second-order valence-electron chi connectivity index (χ2n) is 5.31. The van der Waals surface area contributed by atoms with E-state index in [1.54, 1.807) is 30.3 Å². The van der Waals surface area contributed by atoms with Gasteiger partial charge in [-0.25, -0.2) is 4.68 Å². The number of nitrogens with one attached hydrogen (secondary N) is 2. The predicted molar refractivity (Wildman–Crippen MR) is 89.9 cm³/mol. The highest BCUT2D eigenvalue weighted by atomic mass is 16.3. The van der Waals surface area contributed by atoms with Gasteiger partial charge in [0.2, 0.25) is 0 Å². The van der Waals surface area contributed by atoms with E-state index in [0.717, 1.165) is 0 Å². The molecule has 3 aromatic rings. The molecule has 0 bridgehead atoms. The molecule has 2 N–H and O–H groups in total. The van der Waals surface area contributed by atoms with Crippen LogP contribution in [0.5, 0.6) is 0 Å². The van der Waals surface area contributed by atoms with Gasteiger partial charge in [-0.1, -0.05) is 25.1 Å². The number of furan rings is 1. The zero-order valence-electron chi connectivity index (χ0n) is 13.5. The van der Waals surface area contributed by atoms with Crippen LogP contribution >= 0.6 is 0 Å². The highest BCUT2D eigenvalue weighted by molar-refractivity contribution is 6.05. The number of fused-ring (bicyclic) bond motifs is 1. The fourth-order valence-electron chi connectivity index (χ4n) is 2.41. The summed E-state index contributed by atoms with van der Waals surface area (Å²) < 4.78 is 6.20. The summed E-state index contributed by atoms with van der Waals surface area (Å²) in [6, 6.07) is 9.75. The van der Waals surface area contributed by atoms with E-state index < -0.39 is 11.8 Å². The lowest BCUT2D eigenvalue weighted by Crippen LogP contribution is -2.42. The van der Waals surface area contributed by atoms with E-state index in [4.69, 9.17) is 4.42 Å². The minimum Gasteiger partial charge on any atom is -0.459 e. The van der Waals surface area contributed by atoms with Crippen molar-refractivity contribution in [1.29, 1.82) is 0 Å². The monoisotopic (exact) mass is 340 g/mol. The van der Waals surface area contributed by atoms with E-state index in [2.05, 4.69) is 16.0 Å². The van der Waals surface area contributed by atoms with Crippen molar-refractivity contribution in [2.45, 2.75) is 19.9 Å². The number of nitrogens with zero attached hydrogens (tertiary/aromatic N) is 2. The Morgan fingerprint density at radius 3 is 2.48 bits per heavy atom. The van der Waals surface area contributed by atoms with Gasteiger partial charge in [-0.2, -0.15) is 5.10 Å². The largest absolute Gasteiger partial charge is 0.459 e. The summed E-state index contributed by atoms with van der Waals surface area (Å²) in [5.74, 6) is -1.15. The molecule has 0 unspecified atom stereocenters. The van der Waals surface area contributed by atoms with Crippen molar-refractivity contribution in [1.82, 2.24) is 20.6 Å².